The third kappa shape index (κ3) is 3.35. The Kier molecular flexibility index (Phi) is 5.11. The highest BCUT2D eigenvalue weighted by molar-refractivity contribution is 6.09. The van der Waals surface area contributed by atoms with Gasteiger partial charge in [-0.1, -0.05) is 61.5 Å². The van der Waals surface area contributed by atoms with E-state index in [0.717, 1.165) is 27.9 Å². The van der Waals surface area contributed by atoms with E-state index in [1.807, 2.05) is 41.7 Å². The van der Waals surface area contributed by atoms with E-state index in [9.17, 15) is 14.7 Å². The van der Waals surface area contributed by atoms with Gasteiger partial charge in [0.05, 0.1) is 10.7 Å². The number of aliphatic hydroxyl groups excluding tert-OH is 1. The highest BCUT2D eigenvalue weighted by Gasteiger charge is 2.19. The van der Waals surface area contributed by atoms with Crippen LogP contribution in [0.2, 0.25) is 0 Å². The van der Waals surface area contributed by atoms with Crippen LogP contribution in [-0.4, -0.2) is 15.4 Å². The minimum atomic E-state index is -0.912. The van der Waals surface area contributed by atoms with E-state index in [-0.39, 0.29) is 5.43 Å². The van der Waals surface area contributed by atoms with Crippen molar-refractivity contribution in [1.29, 1.82) is 0 Å². The number of primary amides is 1. The van der Waals surface area contributed by atoms with Gasteiger partial charge in [-0.15, -0.1) is 0 Å². The summed E-state index contributed by atoms with van der Waals surface area (Å²) in [5, 5.41) is 10.8. The molecule has 0 fully saturated rings. The van der Waals surface area contributed by atoms with Crippen LogP contribution in [-0.2, 0) is 17.6 Å². The van der Waals surface area contributed by atoms with Crippen LogP contribution in [0.5, 0.6) is 0 Å². The second kappa shape index (κ2) is 7.87. The maximum absolute atomic E-state index is 12.0. The Hall–Kier alpha value is -3.86. The number of carbonyl (C=O) groups is 1. The molecule has 0 unspecified atom stereocenters. The summed E-state index contributed by atoms with van der Waals surface area (Å²) in [5.41, 5.74) is 10.7. The van der Waals surface area contributed by atoms with Crippen molar-refractivity contribution in [3.05, 3.63) is 105 Å². The van der Waals surface area contributed by atoms with Crippen LogP contribution in [0.1, 0.15) is 23.7 Å². The average Bonchev–Trinajstić information content (AvgIpc) is 3.06. The molecule has 2 aromatic carbocycles. The molecule has 4 rings (SSSR count). The number of nitrogens with two attached hydrogens (primary N) is 1. The van der Waals surface area contributed by atoms with Gasteiger partial charge >= 0.3 is 0 Å². The van der Waals surface area contributed by atoms with Gasteiger partial charge in [-0.05, 0) is 28.7 Å². The molecule has 0 atom stereocenters. The number of aromatic nitrogens is 1. The number of aliphatic hydroxyl groups is 1. The molecule has 2 aromatic heterocycles. The molecule has 4 aromatic rings. The summed E-state index contributed by atoms with van der Waals surface area (Å²) in [7, 11) is 0. The molecule has 30 heavy (non-hydrogen) atoms. The van der Waals surface area contributed by atoms with E-state index < -0.39 is 11.7 Å². The Labute approximate surface area is 173 Å². The zero-order valence-corrected chi connectivity index (χ0v) is 16.6. The Morgan fingerprint density at radius 1 is 1.03 bits per heavy atom. The first-order valence-corrected chi connectivity index (χ1v) is 9.83. The minimum absolute atomic E-state index is 0.197. The third-order valence-corrected chi connectivity index (χ3v) is 5.41. The molecule has 0 spiro atoms. The number of amides is 1. The fourth-order valence-corrected chi connectivity index (χ4v) is 4.07. The first-order chi connectivity index (χ1) is 14.5. The Bertz CT molecular complexity index is 1350. The normalized spacial score (nSPS) is 12.2. The Morgan fingerprint density at radius 2 is 1.73 bits per heavy atom. The van der Waals surface area contributed by atoms with E-state index in [1.54, 1.807) is 6.20 Å². The molecule has 0 aliphatic rings. The van der Waals surface area contributed by atoms with Crippen molar-refractivity contribution < 1.29 is 9.90 Å². The van der Waals surface area contributed by atoms with E-state index in [2.05, 4.69) is 24.3 Å². The number of nitrogens with zero attached hydrogens (tertiary/aromatic N) is 1. The number of hydrogen-bond acceptors (Lipinski definition) is 3. The molecular weight excluding hydrogens is 376 g/mol. The van der Waals surface area contributed by atoms with Crippen molar-refractivity contribution >= 4 is 17.2 Å². The van der Waals surface area contributed by atoms with E-state index >= 15 is 0 Å². The molecule has 0 bridgehead atoms. The standard InChI is InChI=1S/C25H22N2O3/c1-2-19-21(14-17-10-6-7-11-20(17)16-8-4-3-5-9-16)27-13-12-18(28)15-22(27)23(19)24(29)25(26)30/h3-13,15,29H,2,14H2,1H3,(H2,26,30). The van der Waals surface area contributed by atoms with Gasteiger partial charge in [0.1, 0.15) is 0 Å². The highest BCUT2D eigenvalue weighted by Crippen LogP contribution is 2.27. The molecule has 5 heteroatoms. The number of pyridine rings is 1. The van der Waals surface area contributed by atoms with Crippen LogP contribution >= 0.6 is 0 Å². The van der Waals surface area contributed by atoms with Gasteiger partial charge in [-0.25, -0.2) is 0 Å². The second-order valence-electron chi connectivity index (χ2n) is 7.18. The topological polar surface area (TPSA) is 84.8 Å². The van der Waals surface area contributed by atoms with Crippen molar-refractivity contribution in [3.8, 4) is 11.1 Å². The zero-order chi connectivity index (χ0) is 21.3. The summed E-state index contributed by atoms with van der Waals surface area (Å²) in [5.74, 6) is -1.43. The van der Waals surface area contributed by atoms with Crippen molar-refractivity contribution in [3.63, 3.8) is 0 Å². The molecule has 3 N–H and O–H groups in total. The number of fused-ring (bicyclic) bond motifs is 1. The van der Waals surface area contributed by atoms with Gasteiger partial charge in [0.25, 0.3) is 5.91 Å². The summed E-state index contributed by atoms with van der Waals surface area (Å²) >= 11 is 0. The van der Waals surface area contributed by atoms with E-state index in [0.29, 0.717) is 23.6 Å². The first-order valence-electron chi connectivity index (χ1n) is 9.83. The van der Waals surface area contributed by atoms with Crippen molar-refractivity contribution in [2.75, 3.05) is 0 Å². The fraction of sp³-hybridized carbons (Fsp3) is 0.120. The van der Waals surface area contributed by atoms with E-state index in [4.69, 9.17) is 5.73 Å². The smallest absolute Gasteiger partial charge is 0.284 e. The number of rotatable bonds is 5. The lowest BCUT2D eigenvalue weighted by molar-refractivity contribution is -0.114. The summed E-state index contributed by atoms with van der Waals surface area (Å²) in [6, 6.07) is 21.2. The van der Waals surface area contributed by atoms with Crippen LogP contribution < -0.4 is 16.4 Å². The van der Waals surface area contributed by atoms with Gasteiger partial charge in [0, 0.05) is 30.4 Å². The summed E-state index contributed by atoms with van der Waals surface area (Å²) < 4.78 is 1.87. The van der Waals surface area contributed by atoms with E-state index in [1.165, 1.54) is 12.1 Å². The van der Waals surface area contributed by atoms with Gasteiger partial charge < -0.3 is 15.2 Å². The molecule has 2 heterocycles. The third-order valence-electron chi connectivity index (χ3n) is 5.41. The molecule has 0 saturated carbocycles. The molecule has 0 saturated heterocycles. The fourth-order valence-electron chi connectivity index (χ4n) is 4.07. The lowest BCUT2D eigenvalue weighted by atomic mass is 9.95. The zero-order valence-electron chi connectivity index (χ0n) is 16.6. The summed E-state index contributed by atoms with van der Waals surface area (Å²) in [6.07, 6.45) is 2.83. The quantitative estimate of drug-likeness (QED) is 0.542. The Balaban J connectivity index is 2.00. The van der Waals surface area contributed by atoms with Crippen molar-refractivity contribution in [2.45, 2.75) is 19.8 Å². The number of hydrogen-bond donors (Lipinski definition) is 2. The van der Waals surface area contributed by atoms with Gasteiger partial charge in [-0.3, -0.25) is 9.59 Å². The molecule has 5 nitrogen and oxygen atoms in total. The largest absolute Gasteiger partial charge is 0.503 e. The predicted molar refractivity (Wildman–Crippen MR) is 118 cm³/mol. The molecule has 0 radical (unpaired) electrons. The second-order valence-corrected chi connectivity index (χ2v) is 7.18. The summed E-state index contributed by atoms with van der Waals surface area (Å²) in [4.78, 5) is 23.8. The first kappa shape index (κ1) is 19.5. The average molecular weight is 398 g/mol. The van der Waals surface area contributed by atoms with Crippen molar-refractivity contribution in [1.82, 2.24) is 4.40 Å². The maximum Gasteiger partial charge on any atom is 0.284 e. The van der Waals surface area contributed by atoms with Gasteiger partial charge in [-0.2, -0.15) is 0 Å². The van der Waals surface area contributed by atoms with Crippen LogP contribution in [0.4, 0.5) is 0 Å². The van der Waals surface area contributed by atoms with Crippen LogP contribution in [0.15, 0.2) is 77.7 Å². The molecule has 1 amide bonds. The SMILES string of the molecule is CCc1c(Cc2ccccc2-c2ccccc2)n2ccc(=O)cc2c1=C(O)C(N)=O. The predicted octanol–water partition coefficient (Wildman–Crippen LogP) is 2.99. The number of benzene rings is 2. The van der Waals surface area contributed by atoms with Gasteiger partial charge in [0.2, 0.25) is 0 Å². The molecular formula is C25H22N2O3. The van der Waals surface area contributed by atoms with Gasteiger partial charge in [0.15, 0.2) is 11.2 Å². The number of carbonyl (C=O) groups excluding carboxylic acids is 1. The summed E-state index contributed by atoms with van der Waals surface area (Å²) in [6.45, 7) is 1.96. The van der Waals surface area contributed by atoms with Crippen LogP contribution in [0.25, 0.3) is 22.4 Å². The monoisotopic (exact) mass is 398 g/mol. The molecule has 0 aliphatic heterocycles. The molecule has 0 aliphatic carbocycles. The van der Waals surface area contributed by atoms with Crippen molar-refractivity contribution in [2.24, 2.45) is 5.73 Å². The van der Waals surface area contributed by atoms with Crippen LogP contribution in [0.3, 0.4) is 0 Å². The molecule has 150 valence electrons. The minimum Gasteiger partial charge on any atom is -0.503 e. The highest BCUT2D eigenvalue weighted by atomic mass is 16.3. The lowest BCUT2D eigenvalue weighted by Crippen LogP contribution is -2.22. The lowest BCUT2D eigenvalue weighted by Gasteiger charge is -2.11. The van der Waals surface area contributed by atoms with Crippen LogP contribution in [0, 0.1) is 0 Å². The Morgan fingerprint density at radius 3 is 2.43 bits per heavy atom. The maximum atomic E-state index is 12.0.